The quantitative estimate of drug-likeness (QED) is 0.946. The van der Waals surface area contributed by atoms with Crippen LogP contribution in [0.3, 0.4) is 0 Å². The molecule has 2 aromatic rings. The molecule has 1 aromatic heterocycles. The predicted octanol–water partition coefficient (Wildman–Crippen LogP) is 2.96. The van der Waals surface area contributed by atoms with Crippen molar-refractivity contribution in [3.8, 4) is 0 Å². The van der Waals surface area contributed by atoms with Gasteiger partial charge in [-0.3, -0.25) is 4.79 Å². The van der Waals surface area contributed by atoms with Crippen LogP contribution in [-0.4, -0.2) is 22.3 Å². The Hall–Kier alpha value is -1.79. The maximum atomic E-state index is 13.5. The second kappa shape index (κ2) is 6.14. The minimum atomic E-state index is -0.275. The van der Waals surface area contributed by atoms with Gasteiger partial charge in [-0.05, 0) is 30.0 Å². The number of amides is 1. The van der Waals surface area contributed by atoms with Crippen LogP contribution in [0.15, 0.2) is 29.6 Å². The second-order valence-corrected chi connectivity index (χ2v) is 6.54. The summed E-state index contributed by atoms with van der Waals surface area (Å²) in [5.74, 6) is -0.0870. The van der Waals surface area contributed by atoms with Gasteiger partial charge in [0, 0.05) is 18.5 Å². The summed E-state index contributed by atoms with van der Waals surface area (Å²) >= 11 is 1.39. The van der Waals surface area contributed by atoms with Gasteiger partial charge in [0.25, 0.3) is 5.91 Å². The van der Waals surface area contributed by atoms with E-state index in [1.54, 1.807) is 16.3 Å². The Kier molecular flexibility index (Phi) is 4.22. The van der Waals surface area contributed by atoms with Crippen molar-refractivity contribution in [1.29, 1.82) is 0 Å². The van der Waals surface area contributed by atoms with Gasteiger partial charge in [-0.2, -0.15) is 0 Å². The van der Waals surface area contributed by atoms with Crippen LogP contribution in [0.25, 0.3) is 0 Å². The molecule has 0 saturated carbocycles. The highest BCUT2D eigenvalue weighted by molar-refractivity contribution is 7.09. The fraction of sp³-hybridized carbons (Fsp3) is 0.375. The number of hydrogen-bond donors (Lipinski definition) is 1. The normalized spacial score (nSPS) is 21.3. The van der Waals surface area contributed by atoms with Gasteiger partial charge in [0.2, 0.25) is 0 Å². The van der Waals surface area contributed by atoms with Crippen molar-refractivity contribution in [2.75, 3.05) is 6.54 Å². The van der Waals surface area contributed by atoms with Crippen LogP contribution in [0.2, 0.25) is 0 Å². The number of benzene rings is 1. The fourth-order valence-corrected chi connectivity index (χ4v) is 3.67. The van der Waals surface area contributed by atoms with E-state index in [1.165, 1.54) is 23.5 Å². The molecule has 22 heavy (non-hydrogen) atoms. The minimum absolute atomic E-state index is 0.102. The standard InChI is InChI=1S/C16H18FN3OS/c1-10-5-6-20(15(10)11-3-2-4-12(17)7-11)16(21)13-9-22-14(8-18)19-13/h2-4,7,9-10,15H,5-6,8,18H2,1H3/t10-,15+/m1/s1. The number of aromatic nitrogens is 1. The monoisotopic (exact) mass is 319 g/mol. The molecule has 1 aromatic carbocycles. The summed E-state index contributed by atoms with van der Waals surface area (Å²) in [5.41, 5.74) is 6.83. The summed E-state index contributed by atoms with van der Waals surface area (Å²) < 4.78 is 13.5. The van der Waals surface area contributed by atoms with E-state index in [4.69, 9.17) is 5.73 Å². The molecular formula is C16H18FN3OS. The molecule has 4 nitrogen and oxygen atoms in total. The van der Waals surface area contributed by atoms with Gasteiger partial charge in [-0.15, -0.1) is 11.3 Å². The van der Waals surface area contributed by atoms with Crippen LogP contribution in [-0.2, 0) is 6.54 Å². The molecule has 0 bridgehead atoms. The predicted molar refractivity (Wildman–Crippen MR) is 84.0 cm³/mol. The first kappa shape index (κ1) is 15.1. The minimum Gasteiger partial charge on any atom is -0.330 e. The summed E-state index contributed by atoms with van der Waals surface area (Å²) in [6.45, 7) is 3.09. The Morgan fingerprint density at radius 1 is 1.55 bits per heavy atom. The zero-order valence-electron chi connectivity index (χ0n) is 12.3. The molecule has 1 saturated heterocycles. The number of rotatable bonds is 3. The number of carbonyl (C=O) groups is 1. The highest BCUT2D eigenvalue weighted by atomic mass is 32.1. The average molecular weight is 319 g/mol. The highest BCUT2D eigenvalue weighted by Crippen LogP contribution is 2.38. The number of nitrogens with zero attached hydrogens (tertiary/aromatic N) is 2. The lowest BCUT2D eigenvalue weighted by molar-refractivity contribution is 0.0715. The van der Waals surface area contributed by atoms with Crippen molar-refractivity contribution in [3.05, 3.63) is 51.7 Å². The van der Waals surface area contributed by atoms with E-state index >= 15 is 0 Å². The first-order valence-electron chi connectivity index (χ1n) is 7.31. The Bertz CT molecular complexity index is 688. The van der Waals surface area contributed by atoms with Gasteiger partial charge < -0.3 is 10.6 Å². The number of thiazole rings is 1. The van der Waals surface area contributed by atoms with Gasteiger partial charge in [0.15, 0.2) is 0 Å². The molecule has 0 aliphatic carbocycles. The third kappa shape index (κ3) is 2.76. The van der Waals surface area contributed by atoms with E-state index in [2.05, 4.69) is 11.9 Å². The Balaban J connectivity index is 1.90. The largest absolute Gasteiger partial charge is 0.330 e. The van der Waals surface area contributed by atoms with Crippen LogP contribution in [0, 0.1) is 11.7 Å². The summed E-state index contributed by atoms with van der Waals surface area (Å²) in [7, 11) is 0. The highest BCUT2D eigenvalue weighted by Gasteiger charge is 2.36. The summed E-state index contributed by atoms with van der Waals surface area (Å²) in [4.78, 5) is 18.8. The van der Waals surface area contributed by atoms with Crippen LogP contribution in [0.4, 0.5) is 4.39 Å². The van der Waals surface area contributed by atoms with Crippen molar-refractivity contribution >= 4 is 17.2 Å². The third-order valence-corrected chi connectivity index (χ3v) is 4.97. The molecule has 3 rings (SSSR count). The molecule has 0 unspecified atom stereocenters. The number of hydrogen-bond acceptors (Lipinski definition) is 4. The first-order valence-corrected chi connectivity index (χ1v) is 8.19. The van der Waals surface area contributed by atoms with Gasteiger partial charge >= 0.3 is 0 Å². The molecule has 1 fully saturated rings. The maximum absolute atomic E-state index is 13.5. The van der Waals surface area contributed by atoms with Crippen LogP contribution in [0.1, 0.15) is 40.4 Å². The molecular weight excluding hydrogens is 301 g/mol. The Morgan fingerprint density at radius 3 is 3.05 bits per heavy atom. The lowest BCUT2D eigenvalue weighted by Gasteiger charge is -2.27. The van der Waals surface area contributed by atoms with Crippen molar-refractivity contribution in [2.45, 2.75) is 25.9 Å². The van der Waals surface area contributed by atoms with Crippen molar-refractivity contribution < 1.29 is 9.18 Å². The molecule has 0 spiro atoms. The zero-order valence-corrected chi connectivity index (χ0v) is 13.1. The number of halogens is 1. The molecule has 2 N–H and O–H groups in total. The van der Waals surface area contributed by atoms with Crippen LogP contribution >= 0.6 is 11.3 Å². The lowest BCUT2D eigenvalue weighted by Crippen LogP contribution is -2.32. The van der Waals surface area contributed by atoms with E-state index in [-0.39, 0.29) is 17.8 Å². The lowest BCUT2D eigenvalue weighted by atomic mass is 9.95. The number of carbonyl (C=O) groups excluding carboxylic acids is 1. The first-order chi connectivity index (χ1) is 10.6. The Morgan fingerprint density at radius 2 is 2.36 bits per heavy atom. The van der Waals surface area contributed by atoms with E-state index < -0.39 is 0 Å². The topological polar surface area (TPSA) is 59.2 Å². The average Bonchev–Trinajstić information content (AvgIpc) is 3.13. The zero-order chi connectivity index (χ0) is 15.7. The summed E-state index contributed by atoms with van der Waals surface area (Å²) in [5, 5.41) is 2.49. The molecule has 0 radical (unpaired) electrons. The maximum Gasteiger partial charge on any atom is 0.273 e. The molecule has 6 heteroatoms. The summed E-state index contributed by atoms with van der Waals surface area (Å²) in [6.07, 6.45) is 0.904. The van der Waals surface area contributed by atoms with Crippen LogP contribution < -0.4 is 5.73 Å². The van der Waals surface area contributed by atoms with Crippen molar-refractivity contribution in [2.24, 2.45) is 11.7 Å². The Labute approximate surface area is 132 Å². The van der Waals surface area contributed by atoms with E-state index in [1.807, 2.05) is 6.07 Å². The molecule has 2 atom stereocenters. The van der Waals surface area contributed by atoms with Crippen molar-refractivity contribution in [3.63, 3.8) is 0 Å². The van der Waals surface area contributed by atoms with E-state index in [9.17, 15) is 9.18 Å². The number of nitrogens with two attached hydrogens (primary N) is 1. The van der Waals surface area contributed by atoms with Crippen LogP contribution in [0.5, 0.6) is 0 Å². The van der Waals surface area contributed by atoms with E-state index in [0.29, 0.717) is 24.7 Å². The van der Waals surface area contributed by atoms with Gasteiger partial charge in [0.1, 0.15) is 16.5 Å². The third-order valence-electron chi connectivity index (χ3n) is 4.10. The van der Waals surface area contributed by atoms with Crippen molar-refractivity contribution in [1.82, 2.24) is 9.88 Å². The summed E-state index contributed by atoms with van der Waals surface area (Å²) in [6, 6.07) is 6.39. The molecule has 1 amide bonds. The molecule has 2 heterocycles. The van der Waals surface area contributed by atoms with Gasteiger partial charge in [-0.25, -0.2) is 9.37 Å². The molecule has 1 aliphatic heterocycles. The smallest absolute Gasteiger partial charge is 0.273 e. The SMILES string of the molecule is C[C@@H]1CCN(C(=O)c2csc(CN)n2)[C@@H]1c1cccc(F)c1. The fourth-order valence-electron chi connectivity index (χ4n) is 3.02. The van der Waals surface area contributed by atoms with Gasteiger partial charge in [0.05, 0.1) is 6.04 Å². The second-order valence-electron chi connectivity index (χ2n) is 5.59. The van der Waals surface area contributed by atoms with E-state index in [0.717, 1.165) is 17.0 Å². The molecule has 116 valence electrons. The number of likely N-dealkylation sites (tertiary alicyclic amines) is 1. The van der Waals surface area contributed by atoms with Gasteiger partial charge in [-0.1, -0.05) is 19.1 Å². The molecule has 1 aliphatic rings.